The van der Waals surface area contributed by atoms with E-state index in [1.807, 2.05) is 6.92 Å². The molecule has 2 heterocycles. The summed E-state index contributed by atoms with van der Waals surface area (Å²) >= 11 is 0. The maximum atomic E-state index is 12.6. The van der Waals surface area contributed by atoms with Crippen LogP contribution in [0, 0.1) is 18.8 Å². The number of alkyl halides is 3. The predicted molar refractivity (Wildman–Crippen MR) is 82.5 cm³/mol. The molecule has 0 radical (unpaired) electrons. The molecule has 24 heavy (non-hydrogen) atoms. The summed E-state index contributed by atoms with van der Waals surface area (Å²) in [5.74, 6) is -0.660. The van der Waals surface area contributed by atoms with Crippen molar-refractivity contribution in [2.45, 2.75) is 52.4 Å². The molecule has 1 amide bonds. The summed E-state index contributed by atoms with van der Waals surface area (Å²) in [5, 5.41) is 13.6. The zero-order chi connectivity index (χ0) is 18.1. The fourth-order valence-electron chi connectivity index (χ4n) is 3.04. The number of amides is 1. The second-order valence-electron chi connectivity index (χ2n) is 6.84. The lowest BCUT2D eigenvalue weighted by Crippen LogP contribution is -2.45. The molecule has 0 aliphatic carbocycles. The smallest absolute Gasteiger partial charge is 0.383 e. The number of aliphatic hydroxyl groups is 1. The van der Waals surface area contributed by atoms with Crippen LogP contribution >= 0.6 is 0 Å². The van der Waals surface area contributed by atoms with E-state index in [1.165, 1.54) is 6.20 Å². The highest BCUT2D eigenvalue weighted by Gasteiger charge is 2.44. The molecule has 5 nitrogen and oxygen atoms in total. The van der Waals surface area contributed by atoms with Crippen LogP contribution in [0.1, 0.15) is 42.7 Å². The summed E-state index contributed by atoms with van der Waals surface area (Å²) in [6.07, 6.45) is -5.11. The van der Waals surface area contributed by atoms with Crippen molar-refractivity contribution in [1.29, 1.82) is 0 Å². The van der Waals surface area contributed by atoms with Gasteiger partial charge in [0.15, 0.2) is 6.10 Å². The predicted octanol–water partition coefficient (Wildman–Crippen LogP) is 2.62. The highest BCUT2D eigenvalue weighted by molar-refractivity contribution is 5.95. The van der Waals surface area contributed by atoms with Crippen molar-refractivity contribution in [3.63, 3.8) is 0 Å². The molecule has 1 unspecified atom stereocenters. The van der Waals surface area contributed by atoms with Gasteiger partial charge in [-0.1, -0.05) is 13.8 Å². The molecule has 1 aliphatic heterocycles. The first-order valence-corrected chi connectivity index (χ1v) is 8.17. The van der Waals surface area contributed by atoms with Crippen molar-refractivity contribution in [2.75, 3.05) is 13.1 Å². The molecule has 2 rings (SSSR count). The lowest BCUT2D eigenvalue weighted by Gasteiger charge is -2.34. The number of aliphatic hydroxyl groups excluding tert-OH is 1. The molecule has 0 saturated carbocycles. The van der Waals surface area contributed by atoms with Gasteiger partial charge in [0.25, 0.3) is 5.91 Å². The fourth-order valence-corrected chi connectivity index (χ4v) is 3.04. The van der Waals surface area contributed by atoms with Gasteiger partial charge < -0.3 is 10.0 Å². The standard InChI is InChI=1S/C16H24F3N3O2/c1-10(2)9-22-11(3)13(8-20-22)15(24)21-6-4-12(5-7-21)14(23)16(17,18)19/h8,10,12,14,23H,4-7,9H2,1-3H3. The molecule has 8 heteroatoms. The molecule has 0 bridgehead atoms. The Labute approximate surface area is 139 Å². The second kappa shape index (κ2) is 7.13. The van der Waals surface area contributed by atoms with Crippen LogP contribution in [0.4, 0.5) is 13.2 Å². The third-order valence-corrected chi connectivity index (χ3v) is 4.48. The number of rotatable bonds is 4. The van der Waals surface area contributed by atoms with Gasteiger partial charge in [0, 0.05) is 25.3 Å². The van der Waals surface area contributed by atoms with Crippen molar-refractivity contribution < 1.29 is 23.1 Å². The van der Waals surface area contributed by atoms with E-state index >= 15 is 0 Å². The molecule has 1 fully saturated rings. The average Bonchev–Trinajstić information content (AvgIpc) is 2.85. The minimum absolute atomic E-state index is 0.144. The third-order valence-electron chi connectivity index (χ3n) is 4.48. The quantitative estimate of drug-likeness (QED) is 0.911. The van der Waals surface area contributed by atoms with Crippen LogP contribution in [0.3, 0.4) is 0 Å². The first kappa shape index (κ1) is 18.8. The number of piperidine rings is 1. The number of nitrogens with zero attached hydrogens (tertiary/aromatic N) is 3. The van der Waals surface area contributed by atoms with Crippen LogP contribution in [0.25, 0.3) is 0 Å². The van der Waals surface area contributed by atoms with E-state index in [1.54, 1.807) is 9.58 Å². The number of carbonyl (C=O) groups excluding carboxylic acids is 1. The maximum Gasteiger partial charge on any atom is 0.414 e. The molecule has 1 aromatic heterocycles. The monoisotopic (exact) mass is 347 g/mol. The molecule has 136 valence electrons. The summed E-state index contributed by atoms with van der Waals surface area (Å²) < 4.78 is 39.5. The molecule has 1 N–H and O–H groups in total. The van der Waals surface area contributed by atoms with Crippen LogP contribution in [-0.4, -0.2) is 51.1 Å². The van der Waals surface area contributed by atoms with E-state index < -0.39 is 18.2 Å². The minimum Gasteiger partial charge on any atom is -0.383 e. The number of aromatic nitrogens is 2. The Morgan fingerprint density at radius 1 is 1.38 bits per heavy atom. The molecule has 0 spiro atoms. The van der Waals surface area contributed by atoms with Crippen LogP contribution in [-0.2, 0) is 6.54 Å². The Bertz CT molecular complexity index is 576. The Hall–Kier alpha value is -1.57. The van der Waals surface area contributed by atoms with Crippen molar-refractivity contribution >= 4 is 5.91 Å². The van der Waals surface area contributed by atoms with E-state index in [0.29, 0.717) is 18.0 Å². The SMILES string of the molecule is Cc1c(C(=O)N2CCC(C(O)C(F)(F)F)CC2)cnn1CC(C)C. The van der Waals surface area contributed by atoms with Gasteiger partial charge in [-0.05, 0) is 31.6 Å². The Kier molecular flexibility index (Phi) is 5.57. The van der Waals surface area contributed by atoms with Gasteiger partial charge in [-0.25, -0.2) is 0 Å². The highest BCUT2D eigenvalue weighted by Crippen LogP contribution is 2.32. The van der Waals surface area contributed by atoms with Gasteiger partial charge >= 0.3 is 6.18 Å². The molecule has 1 saturated heterocycles. The first-order valence-electron chi connectivity index (χ1n) is 8.17. The van der Waals surface area contributed by atoms with Gasteiger partial charge in [-0.3, -0.25) is 9.48 Å². The Morgan fingerprint density at radius 2 is 1.96 bits per heavy atom. The van der Waals surface area contributed by atoms with Gasteiger partial charge in [-0.15, -0.1) is 0 Å². The number of hydrogen-bond donors (Lipinski definition) is 1. The second-order valence-corrected chi connectivity index (χ2v) is 6.84. The van der Waals surface area contributed by atoms with Crippen LogP contribution in [0.5, 0.6) is 0 Å². The highest BCUT2D eigenvalue weighted by atomic mass is 19.4. The molecule has 1 aromatic rings. The van der Waals surface area contributed by atoms with Crippen LogP contribution in [0.15, 0.2) is 6.20 Å². The fraction of sp³-hybridized carbons (Fsp3) is 0.750. The van der Waals surface area contributed by atoms with E-state index in [9.17, 15) is 23.1 Å². The van der Waals surface area contributed by atoms with Crippen molar-refractivity contribution in [2.24, 2.45) is 11.8 Å². The molecule has 0 aromatic carbocycles. The van der Waals surface area contributed by atoms with Gasteiger partial charge in [0.1, 0.15) is 0 Å². The maximum absolute atomic E-state index is 12.6. The van der Waals surface area contributed by atoms with Crippen molar-refractivity contribution in [3.05, 3.63) is 17.5 Å². The van der Waals surface area contributed by atoms with E-state index in [2.05, 4.69) is 18.9 Å². The first-order chi connectivity index (χ1) is 11.1. The average molecular weight is 347 g/mol. The van der Waals surface area contributed by atoms with Crippen molar-refractivity contribution in [3.8, 4) is 0 Å². The molecule has 1 aliphatic rings. The summed E-state index contributed by atoms with van der Waals surface area (Å²) in [5.41, 5.74) is 1.26. The Morgan fingerprint density at radius 3 is 2.46 bits per heavy atom. The topological polar surface area (TPSA) is 58.4 Å². The molecular weight excluding hydrogens is 323 g/mol. The minimum atomic E-state index is -4.61. The van der Waals surface area contributed by atoms with E-state index in [0.717, 1.165) is 5.69 Å². The molecule has 1 atom stereocenters. The van der Waals surface area contributed by atoms with Gasteiger partial charge in [0.05, 0.1) is 11.8 Å². The van der Waals surface area contributed by atoms with Crippen molar-refractivity contribution in [1.82, 2.24) is 14.7 Å². The van der Waals surface area contributed by atoms with E-state index in [-0.39, 0.29) is 31.8 Å². The Balaban J connectivity index is 2.00. The molecular formula is C16H24F3N3O2. The summed E-state index contributed by atoms with van der Waals surface area (Å²) in [6.45, 7) is 7.07. The lowest BCUT2D eigenvalue weighted by atomic mass is 9.90. The number of hydrogen-bond acceptors (Lipinski definition) is 3. The lowest BCUT2D eigenvalue weighted by molar-refractivity contribution is -0.222. The van der Waals surface area contributed by atoms with Crippen LogP contribution in [0.2, 0.25) is 0 Å². The summed E-state index contributed by atoms with van der Waals surface area (Å²) in [4.78, 5) is 14.1. The summed E-state index contributed by atoms with van der Waals surface area (Å²) in [7, 11) is 0. The number of halogens is 3. The van der Waals surface area contributed by atoms with Gasteiger partial charge in [0.2, 0.25) is 0 Å². The third kappa shape index (κ3) is 4.09. The normalized spacial score (nSPS) is 18.2. The largest absolute Gasteiger partial charge is 0.414 e. The zero-order valence-corrected chi connectivity index (χ0v) is 14.2. The van der Waals surface area contributed by atoms with Gasteiger partial charge in [-0.2, -0.15) is 18.3 Å². The summed E-state index contributed by atoms with van der Waals surface area (Å²) in [6, 6.07) is 0. The zero-order valence-electron chi connectivity index (χ0n) is 14.2. The number of likely N-dealkylation sites (tertiary alicyclic amines) is 1. The number of carbonyl (C=O) groups is 1. The van der Waals surface area contributed by atoms with E-state index in [4.69, 9.17) is 0 Å². The van der Waals surface area contributed by atoms with Crippen LogP contribution < -0.4 is 0 Å².